The van der Waals surface area contributed by atoms with Gasteiger partial charge < -0.3 is 15.1 Å². The van der Waals surface area contributed by atoms with Crippen molar-refractivity contribution >= 4 is 34.1 Å². The SMILES string of the molecule is Cc1cc(Nc2ncc3ccc4ncc(C(C)C)n4c3n2)ncc1N1CCN(C)CC1. The highest BCUT2D eigenvalue weighted by Gasteiger charge is 2.17. The Morgan fingerprint density at radius 3 is 2.52 bits per heavy atom. The lowest BCUT2D eigenvalue weighted by molar-refractivity contribution is 0.312. The summed E-state index contributed by atoms with van der Waals surface area (Å²) in [7, 11) is 2.17. The van der Waals surface area contributed by atoms with Crippen LogP contribution in [0.4, 0.5) is 17.5 Å². The fraction of sp³-hybridized carbons (Fsp3) is 0.391. The summed E-state index contributed by atoms with van der Waals surface area (Å²) in [5, 5.41) is 4.27. The minimum absolute atomic E-state index is 0.346. The molecule has 0 radical (unpaired) electrons. The number of pyridine rings is 2. The number of hydrogen-bond acceptors (Lipinski definition) is 7. The van der Waals surface area contributed by atoms with E-state index in [9.17, 15) is 0 Å². The van der Waals surface area contributed by atoms with Crippen molar-refractivity contribution in [2.45, 2.75) is 26.7 Å². The predicted molar refractivity (Wildman–Crippen MR) is 124 cm³/mol. The summed E-state index contributed by atoms with van der Waals surface area (Å²) in [5.41, 5.74) is 5.27. The Morgan fingerprint density at radius 2 is 1.77 bits per heavy atom. The lowest BCUT2D eigenvalue weighted by Gasteiger charge is -2.34. The van der Waals surface area contributed by atoms with E-state index in [1.807, 2.05) is 30.7 Å². The standard InChI is InChI=1S/C23H28N8/c1-15(2)18-13-25-21-6-5-17-12-26-23(28-22(17)31(18)21)27-20-11-16(3)19(14-24-20)30-9-7-29(4)8-10-30/h5-6,11-15H,7-10H2,1-4H3,(H,24,26,27,28). The first kappa shape index (κ1) is 19.7. The van der Waals surface area contributed by atoms with Crippen LogP contribution in [0.2, 0.25) is 0 Å². The fourth-order valence-electron chi connectivity index (χ4n) is 4.15. The number of rotatable bonds is 4. The van der Waals surface area contributed by atoms with Crippen LogP contribution in [0.3, 0.4) is 0 Å². The minimum Gasteiger partial charge on any atom is -0.368 e. The predicted octanol–water partition coefficient (Wildman–Crippen LogP) is 3.60. The van der Waals surface area contributed by atoms with Crippen LogP contribution >= 0.6 is 0 Å². The van der Waals surface area contributed by atoms with Gasteiger partial charge in [-0.2, -0.15) is 4.98 Å². The van der Waals surface area contributed by atoms with Gasteiger partial charge in [0.15, 0.2) is 5.65 Å². The van der Waals surface area contributed by atoms with Crippen molar-refractivity contribution in [1.82, 2.24) is 29.2 Å². The highest BCUT2D eigenvalue weighted by Crippen LogP contribution is 2.25. The Labute approximate surface area is 182 Å². The normalized spacial score (nSPS) is 15.3. The molecule has 0 aliphatic carbocycles. The summed E-state index contributed by atoms with van der Waals surface area (Å²) in [6, 6.07) is 6.09. The molecule has 0 unspecified atom stereocenters. The molecule has 160 valence electrons. The number of aromatic nitrogens is 5. The lowest BCUT2D eigenvalue weighted by Crippen LogP contribution is -2.44. The van der Waals surface area contributed by atoms with Gasteiger partial charge in [-0.3, -0.25) is 4.40 Å². The molecule has 8 nitrogen and oxygen atoms in total. The van der Waals surface area contributed by atoms with E-state index in [0.29, 0.717) is 11.9 Å². The summed E-state index contributed by atoms with van der Waals surface area (Å²) < 4.78 is 2.11. The summed E-state index contributed by atoms with van der Waals surface area (Å²) in [6.45, 7) is 10.7. The molecule has 1 aliphatic heterocycles. The smallest absolute Gasteiger partial charge is 0.230 e. The Balaban J connectivity index is 1.46. The molecule has 4 aromatic heterocycles. The number of aryl methyl sites for hydroxylation is 1. The van der Waals surface area contributed by atoms with Gasteiger partial charge in [-0.15, -0.1) is 0 Å². The van der Waals surface area contributed by atoms with Gasteiger partial charge in [0.1, 0.15) is 11.5 Å². The Bertz CT molecular complexity index is 1240. The van der Waals surface area contributed by atoms with Crippen LogP contribution in [-0.2, 0) is 0 Å². The molecule has 1 N–H and O–H groups in total. The number of nitrogens with zero attached hydrogens (tertiary/aromatic N) is 7. The van der Waals surface area contributed by atoms with E-state index in [1.54, 1.807) is 0 Å². The maximum Gasteiger partial charge on any atom is 0.230 e. The van der Waals surface area contributed by atoms with E-state index in [1.165, 1.54) is 11.3 Å². The largest absolute Gasteiger partial charge is 0.368 e. The first-order valence-electron chi connectivity index (χ1n) is 10.8. The van der Waals surface area contributed by atoms with Gasteiger partial charge in [0.2, 0.25) is 5.95 Å². The summed E-state index contributed by atoms with van der Waals surface area (Å²) in [6.07, 6.45) is 5.73. The quantitative estimate of drug-likeness (QED) is 0.545. The zero-order valence-electron chi connectivity index (χ0n) is 18.5. The lowest BCUT2D eigenvalue weighted by atomic mass is 10.1. The maximum atomic E-state index is 4.81. The van der Waals surface area contributed by atoms with Crippen molar-refractivity contribution < 1.29 is 0 Å². The number of likely N-dealkylation sites (N-methyl/N-ethyl adjacent to an activating group) is 1. The molecule has 1 saturated heterocycles. The monoisotopic (exact) mass is 416 g/mol. The van der Waals surface area contributed by atoms with Gasteiger partial charge in [-0.1, -0.05) is 13.8 Å². The maximum absolute atomic E-state index is 4.81. The van der Waals surface area contributed by atoms with Gasteiger partial charge in [-0.05, 0) is 43.7 Å². The molecule has 5 rings (SSSR count). The van der Waals surface area contributed by atoms with E-state index in [2.05, 4.69) is 68.4 Å². The Kier molecular flexibility index (Phi) is 4.94. The Morgan fingerprint density at radius 1 is 0.968 bits per heavy atom. The molecule has 0 spiro atoms. The van der Waals surface area contributed by atoms with Crippen molar-refractivity contribution in [1.29, 1.82) is 0 Å². The molecule has 0 aromatic carbocycles. The highest BCUT2D eigenvalue weighted by molar-refractivity contribution is 5.79. The van der Waals surface area contributed by atoms with Crippen LogP contribution in [0.15, 0.2) is 36.8 Å². The third-order valence-corrected chi connectivity index (χ3v) is 5.99. The van der Waals surface area contributed by atoms with Crippen molar-refractivity contribution in [3.8, 4) is 0 Å². The van der Waals surface area contributed by atoms with Crippen LogP contribution in [0.25, 0.3) is 16.7 Å². The van der Waals surface area contributed by atoms with Crippen LogP contribution in [-0.4, -0.2) is 62.5 Å². The molecule has 8 heteroatoms. The van der Waals surface area contributed by atoms with Gasteiger partial charge in [0.25, 0.3) is 0 Å². The first-order chi connectivity index (χ1) is 15.0. The van der Waals surface area contributed by atoms with Crippen molar-refractivity contribution in [3.05, 3.63) is 48.0 Å². The van der Waals surface area contributed by atoms with Gasteiger partial charge in [0, 0.05) is 49.7 Å². The average molecular weight is 417 g/mol. The topological polar surface area (TPSA) is 74.5 Å². The van der Waals surface area contributed by atoms with E-state index in [0.717, 1.165) is 54.4 Å². The highest BCUT2D eigenvalue weighted by atomic mass is 15.3. The van der Waals surface area contributed by atoms with Gasteiger partial charge in [-0.25, -0.2) is 15.0 Å². The van der Waals surface area contributed by atoms with Crippen molar-refractivity contribution in [3.63, 3.8) is 0 Å². The molecule has 0 amide bonds. The summed E-state index contributed by atoms with van der Waals surface area (Å²) in [5.74, 6) is 1.62. The van der Waals surface area contributed by atoms with E-state index < -0.39 is 0 Å². The van der Waals surface area contributed by atoms with E-state index >= 15 is 0 Å². The van der Waals surface area contributed by atoms with Crippen LogP contribution in [0.5, 0.6) is 0 Å². The number of fused-ring (bicyclic) bond motifs is 3. The summed E-state index contributed by atoms with van der Waals surface area (Å²) in [4.78, 5) is 23.3. The van der Waals surface area contributed by atoms with Crippen LogP contribution in [0, 0.1) is 6.92 Å². The van der Waals surface area contributed by atoms with Gasteiger partial charge in [0.05, 0.1) is 11.9 Å². The molecule has 0 bridgehead atoms. The average Bonchev–Trinajstić information content (AvgIpc) is 3.20. The molecular formula is C23H28N8. The van der Waals surface area contributed by atoms with Crippen LogP contribution in [0.1, 0.15) is 31.0 Å². The third-order valence-electron chi connectivity index (χ3n) is 5.99. The Hall–Kier alpha value is -3.26. The van der Waals surface area contributed by atoms with E-state index in [-0.39, 0.29) is 0 Å². The second-order valence-electron chi connectivity index (χ2n) is 8.61. The first-order valence-corrected chi connectivity index (χ1v) is 10.8. The van der Waals surface area contributed by atoms with Crippen molar-refractivity contribution in [2.24, 2.45) is 0 Å². The number of anilines is 3. The van der Waals surface area contributed by atoms with Crippen molar-refractivity contribution in [2.75, 3.05) is 43.4 Å². The summed E-state index contributed by atoms with van der Waals surface area (Å²) >= 11 is 0. The molecule has 4 aromatic rings. The third kappa shape index (κ3) is 3.67. The number of hydrogen-bond donors (Lipinski definition) is 1. The molecule has 31 heavy (non-hydrogen) atoms. The number of piperazine rings is 1. The second-order valence-corrected chi connectivity index (χ2v) is 8.61. The minimum atomic E-state index is 0.346. The number of imidazole rings is 1. The zero-order valence-corrected chi connectivity index (χ0v) is 18.5. The zero-order chi connectivity index (χ0) is 21.5. The fourth-order valence-corrected chi connectivity index (χ4v) is 4.15. The molecule has 0 atom stereocenters. The molecule has 0 saturated carbocycles. The molecule has 5 heterocycles. The molecular weight excluding hydrogens is 388 g/mol. The second kappa shape index (κ2) is 7.77. The molecule has 1 fully saturated rings. The van der Waals surface area contributed by atoms with E-state index in [4.69, 9.17) is 4.98 Å². The molecule has 1 aliphatic rings. The number of nitrogens with one attached hydrogen (secondary N) is 1. The van der Waals surface area contributed by atoms with Crippen LogP contribution < -0.4 is 10.2 Å². The van der Waals surface area contributed by atoms with Gasteiger partial charge >= 0.3 is 0 Å².